The number of ether oxygens (including phenoxy) is 2. The Bertz CT molecular complexity index is 1870. The number of primary amides is 1. The number of aliphatic hydroxyl groups is 1. The van der Waals surface area contributed by atoms with E-state index >= 15 is 0 Å². The Hall–Kier alpha value is -5.72. The number of aliphatic carboxylic acids is 1. The van der Waals surface area contributed by atoms with Crippen molar-refractivity contribution in [2.24, 2.45) is 5.73 Å². The molecular formula is C40H44N4O8. The second-order valence-electron chi connectivity index (χ2n) is 12.6. The number of nitrogens with zero attached hydrogens (tertiary/aromatic N) is 1. The van der Waals surface area contributed by atoms with Gasteiger partial charge in [0.25, 0.3) is 0 Å². The second kappa shape index (κ2) is 17.5. The maximum Gasteiger partial charge on any atom is 0.324 e. The molecule has 5 rings (SSSR count). The number of nitrogens with two attached hydrogens (primary N) is 1. The summed E-state index contributed by atoms with van der Waals surface area (Å²) in [5, 5.41) is 25.1. The average Bonchev–Trinajstić information content (AvgIpc) is 3.14. The van der Waals surface area contributed by atoms with Crippen molar-refractivity contribution in [2.75, 3.05) is 18.5 Å². The summed E-state index contributed by atoms with van der Waals surface area (Å²) in [7, 11) is 0. The number of carboxylic acids is 1. The summed E-state index contributed by atoms with van der Waals surface area (Å²) in [6.07, 6.45) is -0.967. The van der Waals surface area contributed by atoms with Crippen LogP contribution in [-0.4, -0.2) is 58.2 Å². The molecule has 1 fully saturated rings. The number of hydrogen-bond acceptors (Lipinski definition) is 8. The zero-order valence-corrected chi connectivity index (χ0v) is 29.2. The first-order valence-electron chi connectivity index (χ1n) is 17.2. The molecule has 0 radical (unpaired) electrons. The summed E-state index contributed by atoms with van der Waals surface area (Å²) in [4.78, 5) is 53.6. The molecule has 12 heteroatoms. The molecule has 272 valence electrons. The van der Waals surface area contributed by atoms with Crippen LogP contribution in [-0.2, 0) is 32.1 Å². The normalized spacial score (nSPS) is 17.8. The van der Waals surface area contributed by atoms with E-state index < -0.39 is 48.6 Å². The molecule has 1 saturated heterocycles. The summed E-state index contributed by atoms with van der Waals surface area (Å²) in [5.41, 5.74) is 10.3. The fourth-order valence-corrected chi connectivity index (χ4v) is 6.71. The van der Waals surface area contributed by atoms with Crippen LogP contribution >= 0.6 is 0 Å². The molecule has 4 aromatic carbocycles. The van der Waals surface area contributed by atoms with Gasteiger partial charge in [-0.15, -0.1) is 0 Å². The fourth-order valence-electron chi connectivity index (χ4n) is 6.71. The van der Waals surface area contributed by atoms with Gasteiger partial charge in [-0.25, -0.2) is 4.79 Å². The zero-order valence-electron chi connectivity index (χ0n) is 29.2. The predicted molar refractivity (Wildman–Crippen MR) is 194 cm³/mol. The van der Waals surface area contributed by atoms with Gasteiger partial charge >= 0.3 is 18.0 Å². The zero-order chi connectivity index (χ0) is 37.2. The van der Waals surface area contributed by atoms with Gasteiger partial charge in [0.2, 0.25) is 5.91 Å². The summed E-state index contributed by atoms with van der Waals surface area (Å²) in [6, 6.07) is 26.2. The van der Waals surface area contributed by atoms with E-state index in [1.807, 2.05) is 97.6 Å². The minimum atomic E-state index is -1.24. The first-order chi connectivity index (χ1) is 25.1. The second-order valence-corrected chi connectivity index (χ2v) is 12.6. The van der Waals surface area contributed by atoms with Crippen molar-refractivity contribution >= 4 is 29.6 Å². The molecule has 12 nitrogen and oxygen atoms in total. The number of esters is 1. The van der Waals surface area contributed by atoms with Gasteiger partial charge in [-0.2, -0.15) is 0 Å². The van der Waals surface area contributed by atoms with E-state index in [1.165, 1.54) is 0 Å². The molecule has 6 N–H and O–H groups in total. The van der Waals surface area contributed by atoms with Crippen LogP contribution in [0, 0.1) is 6.92 Å². The summed E-state index contributed by atoms with van der Waals surface area (Å²) in [5.74, 6) is -1.69. The van der Waals surface area contributed by atoms with Gasteiger partial charge in [-0.1, -0.05) is 91.9 Å². The number of morpholine rings is 1. The third-order valence-electron chi connectivity index (χ3n) is 9.09. The molecule has 3 amide bonds. The van der Waals surface area contributed by atoms with Gasteiger partial charge in [0.15, 0.2) is 0 Å². The standard InChI is InChI=1S/C40H44N4O8/c1-3-27-21-30(15-17-34(27)51-19-18-45)32(22-35(46)43-31-16-14-26(20-25(31)2)24-42-40(41)50)44-33(23-36(47)48)39(49)52-38(29-12-8-5-9-13-29)37(44)28-10-6-4-7-11-28/h4-17,20-21,32-33,37-38,45H,3,18-19,22-24H2,1-2H3,(H,43,46)(H,47,48)(H3,41,42,50)/t32-,33-,37-,38+/m0/s1. The number of carbonyl (C=O) groups is 4. The van der Waals surface area contributed by atoms with Crippen molar-refractivity contribution in [3.05, 3.63) is 130 Å². The highest BCUT2D eigenvalue weighted by Gasteiger charge is 2.49. The van der Waals surface area contributed by atoms with Crippen LogP contribution < -0.4 is 21.1 Å². The van der Waals surface area contributed by atoms with Crippen molar-refractivity contribution in [3.8, 4) is 5.75 Å². The number of hydrogen-bond donors (Lipinski definition) is 5. The van der Waals surface area contributed by atoms with E-state index in [0.29, 0.717) is 23.4 Å². The Balaban J connectivity index is 1.64. The number of amides is 3. The topological polar surface area (TPSA) is 181 Å². The Morgan fingerprint density at radius 1 is 0.962 bits per heavy atom. The monoisotopic (exact) mass is 708 g/mol. The van der Waals surface area contributed by atoms with Crippen molar-refractivity contribution in [2.45, 2.75) is 63.9 Å². The van der Waals surface area contributed by atoms with Gasteiger partial charge in [-0.3, -0.25) is 19.3 Å². The quantitative estimate of drug-likeness (QED) is 0.102. The van der Waals surface area contributed by atoms with E-state index in [-0.39, 0.29) is 32.1 Å². The molecule has 0 aliphatic carbocycles. The van der Waals surface area contributed by atoms with Crippen LogP contribution in [0.15, 0.2) is 97.1 Å². The molecule has 1 aliphatic rings. The molecule has 0 aromatic heterocycles. The van der Waals surface area contributed by atoms with E-state index in [1.54, 1.807) is 18.2 Å². The lowest BCUT2D eigenvalue weighted by atomic mass is 9.86. The van der Waals surface area contributed by atoms with Crippen LogP contribution in [0.4, 0.5) is 10.5 Å². The lowest BCUT2D eigenvalue weighted by Crippen LogP contribution is -2.54. The van der Waals surface area contributed by atoms with Crippen LogP contribution in [0.25, 0.3) is 0 Å². The molecule has 0 spiro atoms. The first kappa shape index (κ1) is 37.5. The van der Waals surface area contributed by atoms with Gasteiger partial charge in [0.1, 0.15) is 24.5 Å². The third kappa shape index (κ3) is 9.14. The highest BCUT2D eigenvalue weighted by atomic mass is 16.6. The lowest BCUT2D eigenvalue weighted by molar-refractivity contribution is -0.183. The number of rotatable bonds is 15. The first-order valence-corrected chi connectivity index (χ1v) is 17.2. The molecule has 0 bridgehead atoms. The van der Waals surface area contributed by atoms with E-state index in [4.69, 9.17) is 15.2 Å². The minimum absolute atomic E-state index is 0.0996. The Morgan fingerprint density at radius 3 is 2.27 bits per heavy atom. The minimum Gasteiger partial charge on any atom is -0.491 e. The number of carboxylic acid groups (broad SMARTS) is 1. The van der Waals surface area contributed by atoms with Crippen molar-refractivity contribution in [1.29, 1.82) is 0 Å². The molecule has 52 heavy (non-hydrogen) atoms. The van der Waals surface area contributed by atoms with Crippen LogP contribution in [0.3, 0.4) is 0 Å². The Morgan fingerprint density at radius 2 is 1.65 bits per heavy atom. The summed E-state index contributed by atoms with van der Waals surface area (Å²) >= 11 is 0. The molecule has 4 aromatic rings. The molecule has 1 aliphatic heterocycles. The van der Waals surface area contributed by atoms with Gasteiger partial charge in [0.05, 0.1) is 19.1 Å². The predicted octanol–water partition coefficient (Wildman–Crippen LogP) is 5.35. The average molecular weight is 709 g/mol. The molecular weight excluding hydrogens is 664 g/mol. The highest BCUT2D eigenvalue weighted by molar-refractivity contribution is 5.92. The number of aliphatic hydroxyl groups excluding tert-OH is 1. The Labute approximate surface area is 302 Å². The number of anilines is 1. The van der Waals surface area contributed by atoms with Crippen molar-refractivity contribution in [3.63, 3.8) is 0 Å². The summed E-state index contributed by atoms with van der Waals surface area (Å²) < 4.78 is 11.9. The molecule has 1 heterocycles. The summed E-state index contributed by atoms with van der Waals surface area (Å²) in [6.45, 7) is 3.95. The highest BCUT2D eigenvalue weighted by Crippen LogP contribution is 2.48. The van der Waals surface area contributed by atoms with Crippen LogP contribution in [0.1, 0.15) is 71.3 Å². The maximum atomic E-state index is 14.2. The van der Waals surface area contributed by atoms with E-state index in [0.717, 1.165) is 27.8 Å². The van der Waals surface area contributed by atoms with Gasteiger partial charge in [0, 0.05) is 24.7 Å². The lowest BCUT2D eigenvalue weighted by Gasteiger charge is -2.48. The molecule has 4 atom stereocenters. The maximum absolute atomic E-state index is 14.2. The third-order valence-corrected chi connectivity index (χ3v) is 9.09. The Kier molecular flexibility index (Phi) is 12.6. The van der Waals surface area contributed by atoms with Crippen LogP contribution in [0.5, 0.6) is 5.75 Å². The molecule has 0 unspecified atom stereocenters. The SMILES string of the molecule is CCc1cc([C@H](CC(=O)Nc2ccc(CNC(N)=O)cc2C)N2[C@@H](CC(=O)O)C(=O)O[C@H](c3ccccc3)[C@@H]2c2ccccc2)ccc1OCCO. The number of urea groups is 1. The number of carbonyl (C=O) groups excluding carboxylic acids is 3. The van der Waals surface area contributed by atoms with Crippen molar-refractivity contribution in [1.82, 2.24) is 10.2 Å². The number of benzene rings is 4. The van der Waals surface area contributed by atoms with E-state index in [9.17, 15) is 29.4 Å². The number of nitrogens with one attached hydrogen (secondary N) is 2. The van der Waals surface area contributed by atoms with Gasteiger partial charge < -0.3 is 36.1 Å². The van der Waals surface area contributed by atoms with Gasteiger partial charge in [-0.05, 0) is 58.9 Å². The number of aryl methyl sites for hydroxylation is 2. The fraction of sp³-hybridized carbons (Fsp3) is 0.300. The number of cyclic esters (lactones) is 1. The van der Waals surface area contributed by atoms with Crippen molar-refractivity contribution < 1.29 is 38.9 Å². The smallest absolute Gasteiger partial charge is 0.324 e. The van der Waals surface area contributed by atoms with Crippen LogP contribution in [0.2, 0.25) is 0 Å². The molecule has 0 saturated carbocycles. The largest absolute Gasteiger partial charge is 0.491 e. The van der Waals surface area contributed by atoms with E-state index in [2.05, 4.69) is 10.6 Å².